The van der Waals surface area contributed by atoms with Gasteiger partial charge in [0.15, 0.2) is 0 Å². The number of nitrogens with zero attached hydrogens (tertiary/aromatic N) is 1. The lowest BCUT2D eigenvalue weighted by atomic mass is 9.96. The molecule has 0 aliphatic carbocycles. The van der Waals surface area contributed by atoms with Crippen LogP contribution >= 0.6 is 11.6 Å². The van der Waals surface area contributed by atoms with Crippen LogP contribution in [0, 0.1) is 5.41 Å². The highest BCUT2D eigenvalue weighted by atomic mass is 35.5. The number of halogens is 4. The minimum Gasteiger partial charge on any atom is -0.350 e. The first-order valence-corrected chi connectivity index (χ1v) is 6.06. The summed E-state index contributed by atoms with van der Waals surface area (Å²) in [5.74, 6) is -0.166. The monoisotopic (exact) mass is 294 g/mol. The molecule has 19 heavy (non-hydrogen) atoms. The van der Waals surface area contributed by atoms with Crippen molar-refractivity contribution >= 4 is 17.5 Å². The standard InChI is InChI=1S/C12H14ClF3N2O/c1-11(2,6-13)7-18-10(19)9-4-3-8(5-17-9)12(14,15)16/h3-5H,6-7H2,1-2H3,(H,18,19). The molecular weight excluding hydrogens is 281 g/mol. The zero-order valence-corrected chi connectivity index (χ0v) is 11.3. The van der Waals surface area contributed by atoms with Gasteiger partial charge in [-0.1, -0.05) is 13.8 Å². The number of aromatic nitrogens is 1. The Kier molecular flexibility index (Phi) is 4.79. The van der Waals surface area contributed by atoms with E-state index in [1.165, 1.54) is 0 Å². The second-order valence-corrected chi connectivity index (χ2v) is 5.18. The molecule has 0 aromatic carbocycles. The van der Waals surface area contributed by atoms with Crippen molar-refractivity contribution in [2.24, 2.45) is 5.41 Å². The van der Waals surface area contributed by atoms with Gasteiger partial charge in [-0.05, 0) is 17.5 Å². The average Bonchev–Trinajstić information content (AvgIpc) is 2.35. The van der Waals surface area contributed by atoms with Crippen molar-refractivity contribution in [2.45, 2.75) is 20.0 Å². The largest absolute Gasteiger partial charge is 0.417 e. The molecule has 7 heteroatoms. The van der Waals surface area contributed by atoms with Gasteiger partial charge in [-0.2, -0.15) is 13.2 Å². The maximum absolute atomic E-state index is 12.3. The number of carbonyl (C=O) groups excluding carboxylic acids is 1. The van der Waals surface area contributed by atoms with Gasteiger partial charge in [0.2, 0.25) is 0 Å². The van der Waals surface area contributed by atoms with Gasteiger partial charge in [-0.3, -0.25) is 9.78 Å². The molecule has 0 fully saturated rings. The van der Waals surface area contributed by atoms with E-state index in [1.807, 2.05) is 13.8 Å². The molecule has 0 saturated heterocycles. The number of amides is 1. The van der Waals surface area contributed by atoms with E-state index in [2.05, 4.69) is 10.3 Å². The Morgan fingerprint density at radius 2 is 2.00 bits per heavy atom. The Balaban J connectivity index is 2.69. The lowest BCUT2D eigenvalue weighted by molar-refractivity contribution is -0.137. The molecule has 0 atom stereocenters. The normalized spacial score (nSPS) is 12.3. The summed E-state index contributed by atoms with van der Waals surface area (Å²) in [6.45, 7) is 4.04. The van der Waals surface area contributed by atoms with Gasteiger partial charge in [-0.15, -0.1) is 11.6 Å². The quantitative estimate of drug-likeness (QED) is 0.867. The lowest BCUT2D eigenvalue weighted by Crippen LogP contribution is -2.35. The molecule has 3 nitrogen and oxygen atoms in total. The second-order valence-electron chi connectivity index (χ2n) is 4.91. The molecule has 1 N–H and O–H groups in total. The number of nitrogens with one attached hydrogen (secondary N) is 1. The van der Waals surface area contributed by atoms with Crippen molar-refractivity contribution in [3.8, 4) is 0 Å². The summed E-state index contributed by atoms with van der Waals surface area (Å²) in [4.78, 5) is 15.2. The number of carbonyl (C=O) groups is 1. The first-order chi connectivity index (χ1) is 8.65. The van der Waals surface area contributed by atoms with Gasteiger partial charge in [0.05, 0.1) is 5.56 Å². The molecule has 1 heterocycles. The highest BCUT2D eigenvalue weighted by Gasteiger charge is 2.31. The molecule has 0 saturated carbocycles. The third kappa shape index (κ3) is 4.70. The predicted octanol–water partition coefficient (Wildman–Crippen LogP) is 3.10. The highest BCUT2D eigenvalue weighted by molar-refractivity contribution is 6.18. The van der Waals surface area contributed by atoms with E-state index in [0.717, 1.165) is 12.1 Å². The molecule has 1 rings (SSSR count). The van der Waals surface area contributed by atoms with Crippen molar-refractivity contribution in [1.29, 1.82) is 0 Å². The first-order valence-electron chi connectivity index (χ1n) is 5.53. The number of alkyl halides is 4. The van der Waals surface area contributed by atoms with Crippen molar-refractivity contribution in [1.82, 2.24) is 10.3 Å². The highest BCUT2D eigenvalue weighted by Crippen LogP contribution is 2.28. The Hall–Kier alpha value is -1.30. The summed E-state index contributed by atoms with van der Waals surface area (Å²) in [5, 5.41) is 2.58. The van der Waals surface area contributed by atoms with E-state index in [0.29, 0.717) is 18.6 Å². The SMILES string of the molecule is CC(C)(CCl)CNC(=O)c1ccc(C(F)(F)F)cn1. The molecule has 0 spiro atoms. The number of hydrogen-bond acceptors (Lipinski definition) is 2. The van der Waals surface area contributed by atoms with Crippen LogP contribution in [-0.2, 0) is 6.18 Å². The third-order valence-electron chi connectivity index (χ3n) is 2.41. The van der Waals surface area contributed by atoms with E-state index in [4.69, 9.17) is 11.6 Å². The molecule has 0 unspecified atom stereocenters. The first kappa shape index (κ1) is 15.8. The van der Waals surface area contributed by atoms with Gasteiger partial charge in [0.1, 0.15) is 5.69 Å². The molecule has 0 aliphatic heterocycles. The lowest BCUT2D eigenvalue weighted by Gasteiger charge is -2.21. The maximum Gasteiger partial charge on any atom is 0.417 e. The van der Waals surface area contributed by atoms with Gasteiger partial charge in [-0.25, -0.2) is 0 Å². The molecule has 0 aliphatic rings. The van der Waals surface area contributed by atoms with Crippen molar-refractivity contribution in [3.63, 3.8) is 0 Å². The van der Waals surface area contributed by atoms with Gasteiger partial charge >= 0.3 is 6.18 Å². The molecule has 1 amide bonds. The van der Waals surface area contributed by atoms with Crippen LogP contribution in [0.1, 0.15) is 29.9 Å². The van der Waals surface area contributed by atoms with Gasteiger partial charge in [0, 0.05) is 18.6 Å². The zero-order valence-electron chi connectivity index (χ0n) is 10.5. The van der Waals surface area contributed by atoms with Gasteiger partial charge < -0.3 is 5.32 Å². The van der Waals surface area contributed by atoms with Crippen LogP contribution in [-0.4, -0.2) is 23.3 Å². The van der Waals surface area contributed by atoms with E-state index < -0.39 is 17.6 Å². The fourth-order valence-corrected chi connectivity index (χ4v) is 1.25. The van der Waals surface area contributed by atoms with E-state index >= 15 is 0 Å². The molecule has 1 aromatic rings. The topological polar surface area (TPSA) is 42.0 Å². The number of hydrogen-bond donors (Lipinski definition) is 1. The molecule has 0 radical (unpaired) electrons. The van der Waals surface area contributed by atoms with Crippen LogP contribution < -0.4 is 5.32 Å². The smallest absolute Gasteiger partial charge is 0.350 e. The predicted molar refractivity (Wildman–Crippen MR) is 66.1 cm³/mol. The van der Waals surface area contributed by atoms with E-state index in [9.17, 15) is 18.0 Å². The Bertz CT molecular complexity index is 443. The third-order valence-corrected chi connectivity index (χ3v) is 3.14. The summed E-state index contributed by atoms with van der Waals surface area (Å²) in [5.41, 5.74) is -1.23. The van der Waals surface area contributed by atoms with Crippen LogP contribution in [0.5, 0.6) is 0 Å². The molecular formula is C12H14ClF3N2O. The number of pyridine rings is 1. The van der Waals surface area contributed by atoms with Crippen LogP contribution in [0.2, 0.25) is 0 Å². The van der Waals surface area contributed by atoms with Crippen molar-refractivity contribution in [2.75, 3.05) is 12.4 Å². The number of rotatable bonds is 4. The van der Waals surface area contributed by atoms with E-state index in [1.54, 1.807) is 0 Å². The van der Waals surface area contributed by atoms with Crippen molar-refractivity contribution in [3.05, 3.63) is 29.6 Å². The Labute approximate surface area is 114 Å². The Morgan fingerprint density at radius 3 is 2.42 bits per heavy atom. The zero-order chi connectivity index (χ0) is 14.7. The fourth-order valence-electron chi connectivity index (χ4n) is 1.15. The van der Waals surface area contributed by atoms with Gasteiger partial charge in [0.25, 0.3) is 5.91 Å². The van der Waals surface area contributed by atoms with Crippen LogP contribution in [0.15, 0.2) is 18.3 Å². The summed E-state index contributed by atoms with van der Waals surface area (Å²) in [6, 6.07) is 1.88. The minimum absolute atomic E-state index is 0.0571. The van der Waals surface area contributed by atoms with E-state index in [-0.39, 0.29) is 11.1 Å². The van der Waals surface area contributed by atoms with Crippen LogP contribution in [0.25, 0.3) is 0 Å². The summed E-state index contributed by atoms with van der Waals surface area (Å²) in [6.07, 6.45) is -3.82. The molecule has 106 valence electrons. The summed E-state index contributed by atoms with van der Waals surface area (Å²) < 4.78 is 36.9. The fraction of sp³-hybridized carbons (Fsp3) is 0.500. The minimum atomic E-state index is -4.46. The maximum atomic E-state index is 12.3. The van der Waals surface area contributed by atoms with Crippen LogP contribution in [0.4, 0.5) is 13.2 Å². The average molecular weight is 295 g/mol. The summed E-state index contributed by atoms with van der Waals surface area (Å²) >= 11 is 5.70. The molecule has 0 bridgehead atoms. The van der Waals surface area contributed by atoms with Crippen molar-refractivity contribution < 1.29 is 18.0 Å². The van der Waals surface area contributed by atoms with Crippen LogP contribution in [0.3, 0.4) is 0 Å². The summed E-state index contributed by atoms with van der Waals surface area (Å²) in [7, 11) is 0. The Morgan fingerprint density at radius 1 is 1.37 bits per heavy atom. The second kappa shape index (κ2) is 5.77. The molecule has 1 aromatic heterocycles.